The number of carbonyl (C=O) groups is 2. The third kappa shape index (κ3) is 3.19. The number of urea groups is 1. The van der Waals surface area contributed by atoms with Crippen LogP contribution >= 0.6 is 0 Å². The van der Waals surface area contributed by atoms with Crippen LogP contribution in [0.25, 0.3) is 0 Å². The van der Waals surface area contributed by atoms with Crippen LogP contribution in [0.5, 0.6) is 5.75 Å². The molecule has 0 unspecified atom stereocenters. The van der Waals surface area contributed by atoms with E-state index >= 15 is 0 Å². The van der Waals surface area contributed by atoms with Crippen LogP contribution in [0.1, 0.15) is 12.8 Å². The van der Waals surface area contributed by atoms with Crippen molar-refractivity contribution >= 4 is 22.0 Å². The number of hydrogen-bond acceptors (Lipinski definition) is 5. The summed E-state index contributed by atoms with van der Waals surface area (Å²) >= 11 is 0. The average molecular weight is 371 g/mol. The van der Waals surface area contributed by atoms with Crippen LogP contribution in [0, 0.1) is 5.82 Å². The van der Waals surface area contributed by atoms with Gasteiger partial charge in [-0.25, -0.2) is 17.6 Å². The van der Waals surface area contributed by atoms with Gasteiger partial charge in [0.15, 0.2) is 11.6 Å². The SMILES string of the molecule is COc1ccc(S(=O)(=O)N2CCC(N3C(=O)CNC3=O)CC2)cc1F. The molecule has 0 aliphatic carbocycles. The zero-order chi connectivity index (χ0) is 18.2. The molecule has 0 saturated carbocycles. The van der Waals surface area contributed by atoms with Gasteiger partial charge in [0, 0.05) is 19.1 Å². The van der Waals surface area contributed by atoms with Crippen LogP contribution in [-0.2, 0) is 14.8 Å². The molecule has 2 fully saturated rings. The predicted molar refractivity (Wildman–Crippen MR) is 85.0 cm³/mol. The van der Waals surface area contributed by atoms with E-state index < -0.39 is 21.9 Å². The van der Waals surface area contributed by atoms with Crippen molar-refractivity contribution in [2.24, 2.45) is 0 Å². The van der Waals surface area contributed by atoms with Gasteiger partial charge in [-0.1, -0.05) is 0 Å². The molecule has 1 N–H and O–H groups in total. The molecule has 0 aromatic heterocycles. The smallest absolute Gasteiger partial charge is 0.324 e. The largest absolute Gasteiger partial charge is 0.494 e. The number of carbonyl (C=O) groups excluding carboxylic acids is 2. The maximum absolute atomic E-state index is 13.8. The number of sulfonamides is 1. The maximum Gasteiger partial charge on any atom is 0.324 e. The molecule has 2 heterocycles. The molecule has 10 heteroatoms. The Labute approximate surface area is 144 Å². The van der Waals surface area contributed by atoms with Gasteiger partial charge in [0.2, 0.25) is 15.9 Å². The number of ether oxygens (including phenoxy) is 1. The zero-order valence-corrected chi connectivity index (χ0v) is 14.4. The van der Waals surface area contributed by atoms with Crippen LogP contribution in [0.3, 0.4) is 0 Å². The zero-order valence-electron chi connectivity index (χ0n) is 13.6. The van der Waals surface area contributed by atoms with E-state index in [1.165, 1.54) is 23.5 Å². The van der Waals surface area contributed by atoms with Crippen molar-refractivity contribution in [3.63, 3.8) is 0 Å². The lowest BCUT2D eigenvalue weighted by Crippen LogP contribution is -2.48. The molecular formula is C15H18FN3O5S. The van der Waals surface area contributed by atoms with E-state index in [1.54, 1.807) is 0 Å². The number of amides is 3. The van der Waals surface area contributed by atoms with E-state index in [-0.39, 0.29) is 42.2 Å². The second-order valence-electron chi connectivity index (χ2n) is 5.85. The molecule has 1 aromatic rings. The second kappa shape index (κ2) is 6.60. The predicted octanol–water partition coefficient (Wildman–Crippen LogP) is 0.539. The van der Waals surface area contributed by atoms with Crippen LogP contribution in [0.4, 0.5) is 9.18 Å². The van der Waals surface area contributed by atoms with Crippen LogP contribution in [0.15, 0.2) is 23.1 Å². The molecule has 25 heavy (non-hydrogen) atoms. The Balaban J connectivity index is 1.72. The first kappa shape index (κ1) is 17.6. The molecule has 0 spiro atoms. The Morgan fingerprint density at radius 1 is 1.24 bits per heavy atom. The Morgan fingerprint density at radius 3 is 2.44 bits per heavy atom. The Bertz CT molecular complexity index is 789. The minimum Gasteiger partial charge on any atom is -0.494 e. The molecule has 1 aromatic carbocycles. The van der Waals surface area contributed by atoms with Gasteiger partial charge >= 0.3 is 6.03 Å². The van der Waals surface area contributed by atoms with E-state index in [2.05, 4.69) is 5.32 Å². The highest BCUT2D eigenvalue weighted by Crippen LogP contribution is 2.27. The molecule has 2 aliphatic rings. The fourth-order valence-electron chi connectivity index (χ4n) is 3.10. The minimum absolute atomic E-state index is 0.0253. The molecule has 0 radical (unpaired) electrons. The van der Waals surface area contributed by atoms with Crippen LogP contribution in [-0.4, -0.2) is 62.3 Å². The lowest BCUT2D eigenvalue weighted by atomic mass is 10.1. The van der Waals surface area contributed by atoms with E-state index in [0.29, 0.717) is 12.8 Å². The number of halogens is 1. The molecular weight excluding hydrogens is 353 g/mol. The molecule has 3 rings (SSSR count). The van der Waals surface area contributed by atoms with Crippen molar-refractivity contribution in [3.05, 3.63) is 24.0 Å². The maximum atomic E-state index is 13.8. The van der Waals surface area contributed by atoms with Crippen molar-refractivity contribution < 1.29 is 27.1 Å². The van der Waals surface area contributed by atoms with Gasteiger partial charge in [-0.05, 0) is 31.0 Å². The first-order valence-corrected chi connectivity index (χ1v) is 9.22. The molecule has 0 atom stereocenters. The lowest BCUT2D eigenvalue weighted by Gasteiger charge is -2.34. The van der Waals surface area contributed by atoms with Gasteiger partial charge in [-0.2, -0.15) is 4.31 Å². The number of hydrogen-bond donors (Lipinski definition) is 1. The molecule has 2 saturated heterocycles. The summed E-state index contributed by atoms with van der Waals surface area (Å²) in [6.07, 6.45) is 0.689. The number of nitrogens with one attached hydrogen (secondary N) is 1. The van der Waals surface area contributed by atoms with Gasteiger partial charge in [-0.3, -0.25) is 9.69 Å². The highest BCUT2D eigenvalue weighted by molar-refractivity contribution is 7.89. The van der Waals surface area contributed by atoms with Crippen molar-refractivity contribution in [2.75, 3.05) is 26.7 Å². The number of nitrogens with zero attached hydrogens (tertiary/aromatic N) is 2. The second-order valence-corrected chi connectivity index (χ2v) is 7.79. The first-order chi connectivity index (χ1) is 11.8. The van der Waals surface area contributed by atoms with E-state index in [1.807, 2.05) is 0 Å². The van der Waals surface area contributed by atoms with E-state index in [4.69, 9.17) is 4.74 Å². The van der Waals surface area contributed by atoms with Crippen molar-refractivity contribution in [2.45, 2.75) is 23.8 Å². The van der Waals surface area contributed by atoms with Gasteiger partial charge in [0.1, 0.15) is 0 Å². The summed E-state index contributed by atoms with van der Waals surface area (Å²) in [4.78, 5) is 24.4. The van der Waals surface area contributed by atoms with Crippen LogP contribution < -0.4 is 10.1 Å². The van der Waals surface area contributed by atoms with Crippen molar-refractivity contribution in [1.29, 1.82) is 0 Å². The van der Waals surface area contributed by atoms with E-state index in [9.17, 15) is 22.4 Å². The molecule has 2 aliphatic heterocycles. The number of piperidine rings is 1. The highest BCUT2D eigenvalue weighted by Gasteiger charge is 2.38. The normalized spacial score (nSPS) is 20.0. The third-order valence-corrected chi connectivity index (χ3v) is 6.32. The molecule has 0 bridgehead atoms. The number of methoxy groups -OCH3 is 1. The quantitative estimate of drug-likeness (QED) is 0.780. The summed E-state index contributed by atoms with van der Waals surface area (Å²) in [5.74, 6) is -1.09. The number of rotatable bonds is 4. The van der Waals surface area contributed by atoms with Gasteiger partial charge < -0.3 is 10.1 Å². The minimum atomic E-state index is -3.85. The Kier molecular flexibility index (Phi) is 4.65. The molecule has 8 nitrogen and oxygen atoms in total. The molecule has 3 amide bonds. The Hall–Kier alpha value is -2.20. The summed E-state index contributed by atoms with van der Waals surface area (Å²) in [6.45, 7) is 0.276. The monoisotopic (exact) mass is 371 g/mol. The summed E-state index contributed by atoms with van der Waals surface area (Å²) in [5, 5.41) is 2.45. The number of benzene rings is 1. The fraction of sp³-hybridized carbons (Fsp3) is 0.467. The first-order valence-electron chi connectivity index (χ1n) is 7.78. The highest BCUT2D eigenvalue weighted by atomic mass is 32.2. The summed E-state index contributed by atoms with van der Waals surface area (Å²) in [6, 6.07) is 2.72. The van der Waals surface area contributed by atoms with Crippen molar-refractivity contribution in [3.8, 4) is 5.75 Å². The fourth-order valence-corrected chi connectivity index (χ4v) is 4.58. The molecule has 136 valence electrons. The third-order valence-electron chi connectivity index (χ3n) is 4.43. The van der Waals surface area contributed by atoms with Gasteiger partial charge in [0.05, 0.1) is 18.6 Å². The topological polar surface area (TPSA) is 96.0 Å². The van der Waals surface area contributed by atoms with Crippen LogP contribution in [0.2, 0.25) is 0 Å². The van der Waals surface area contributed by atoms with Crippen molar-refractivity contribution in [1.82, 2.24) is 14.5 Å². The summed E-state index contributed by atoms with van der Waals surface area (Å²) in [5.41, 5.74) is 0. The van der Waals surface area contributed by atoms with Gasteiger partial charge in [-0.15, -0.1) is 0 Å². The Morgan fingerprint density at radius 2 is 1.92 bits per heavy atom. The summed E-state index contributed by atoms with van der Waals surface area (Å²) in [7, 11) is -2.55. The average Bonchev–Trinajstić information content (AvgIpc) is 2.93. The lowest BCUT2D eigenvalue weighted by molar-refractivity contribution is -0.127. The van der Waals surface area contributed by atoms with E-state index in [0.717, 1.165) is 11.0 Å². The summed E-state index contributed by atoms with van der Waals surface area (Å²) < 4.78 is 45.1. The number of imide groups is 1. The van der Waals surface area contributed by atoms with Gasteiger partial charge in [0.25, 0.3) is 0 Å². The standard InChI is InChI=1S/C15H18FN3O5S/c1-24-13-3-2-11(8-12(13)16)25(22,23)18-6-4-10(5-7-18)19-14(20)9-17-15(19)21/h2-3,8,10H,4-7,9H2,1H3,(H,17,21).